The van der Waals surface area contributed by atoms with Crippen LogP contribution >= 0.6 is 31.3 Å². The molecule has 0 bridgehead atoms. The van der Waals surface area contributed by atoms with Gasteiger partial charge >= 0.3 is 21.1 Å². The summed E-state index contributed by atoms with van der Waals surface area (Å²) in [5.41, 5.74) is 0. The van der Waals surface area contributed by atoms with Gasteiger partial charge in [0.2, 0.25) is 0 Å². The molecule has 0 aliphatic carbocycles. The molecule has 0 rings (SSSR count). The smallest absolute Gasteiger partial charge is 0.756 e. The molecule has 0 atom stereocenters. The van der Waals surface area contributed by atoms with Gasteiger partial charge in [0.25, 0.3) is 31.3 Å². The first-order valence-corrected chi connectivity index (χ1v) is 36.7. The maximum absolute atomic E-state index is 11.4. The van der Waals surface area contributed by atoms with Crippen LogP contribution in [-0.4, -0.2) is 52.9 Å². The predicted octanol–water partition coefficient (Wildman–Crippen LogP) is 17.7. The van der Waals surface area contributed by atoms with Crippen molar-refractivity contribution >= 4 is 31.3 Å². The zero-order chi connectivity index (χ0) is 57.6. The van der Waals surface area contributed by atoms with Crippen LogP contribution in [0, 0.1) is 0 Å². The van der Waals surface area contributed by atoms with E-state index in [9.17, 15) is 37.8 Å². The Hall–Kier alpha value is 1.13. The minimum atomic E-state index is -4.05. The van der Waals surface area contributed by atoms with E-state index in [2.05, 4.69) is 55.4 Å². The Labute approximate surface area is 489 Å². The fraction of sp³-hybridized carbons (Fsp3) is 1.00. The van der Waals surface area contributed by atoms with E-state index >= 15 is 0 Å². The summed E-state index contributed by atoms with van der Waals surface area (Å²) in [5.74, 6) is 0. The van der Waals surface area contributed by atoms with Crippen LogP contribution in [0.5, 0.6) is 0 Å². The first-order chi connectivity index (χ1) is 36.5. The van der Waals surface area contributed by atoms with E-state index in [0.29, 0.717) is 0 Å². The summed E-state index contributed by atoms with van der Waals surface area (Å²) < 4.78 is 84.1. The van der Waals surface area contributed by atoms with Gasteiger partial charge in [-0.3, -0.25) is 18.3 Å². The molecular weight excluding hydrogens is 1150 g/mol. The van der Waals surface area contributed by atoms with E-state index in [1.807, 2.05) is 0 Å². The van der Waals surface area contributed by atoms with Crippen LogP contribution in [0.2, 0.25) is 0 Å². The van der Waals surface area contributed by atoms with E-state index in [0.717, 1.165) is 154 Å². The molecule has 21 heteroatoms. The van der Waals surface area contributed by atoms with Gasteiger partial charge in [-0.05, 0) is 51.4 Å². The molecule has 77 heavy (non-hydrogen) atoms. The number of phosphoric acid groups is 4. The first kappa shape index (κ1) is 86.9. The number of rotatable bonds is 56. The molecular formula is C56H120MoO16P4. The van der Waals surface area contributed by atoms with E-state index in [1.165, 1.54) is 103 Å². The van der Waals surface area contributed by atoms with Crippen LogP contribution in [0.15, 0.2) is 0 Å². The first-order valence-electron chi connectivity index (χ1n) is 30.9. The molecule has 0 N–H and O–H groups in total. The summed E-state index contributed by atoms with van der Waals surface area (Å²) in [6.07, 6.45) is 42.6. The maximum atomic E-state index is 11.4. The Kier molecular flexibility index (Phi) is 76.7. The predicted molar refractivity (Wildman–Crippen MR) is 308 cm³/mol. The molecule has 0 aromatic heterocycles. The van der Waals surface area contributed by atoms with E-state index < -0.39 is 31.3 Å². The second kappa shape index (κ2) is 67.9. The summed E-state index contributed by atoms with van der Waals surface area (Å²) in [5, 5.41) is 0. The molecule has 0 saturated carbocycles. The summed E-state index contributed by atoms with van der Waals surface area (Å²) in [7, 11) is -16.2. The molecule has 0 unspecified atom stereocenters. The van der Waals surface area contributed by atoms with Crippen molar-refractivity contribution in [3.63, 3.8) is 0 Å². The van der Waals surface area contributed by atoms with Gasteiger partial charge in [0.1, 0.15) is 0 Å². The van der Waals surface area contributed by atoms with Crippen LogP contribution in [0.4, 0.5) is 0 Å². The zero-order valence-corrected chi connectivity index (χ0v) is 56.3. The van der Waals surface area contributed by atoms with E-state index in [4.69, 9.17) is 36.2 Å². The normalized spacial score (nSPS) is 11.8. The van der Waals surface area contributed by atoms with Gasteiger partial charge in [-0.15, -0.1) is 0 Å². The quantitative estimate of drug-likeness (QED) is 0.0313. The van der Waals surface area contributed by atoms with Gasteiger partial charge in [0.15, 0.2) is 0 Å². The fourth-order valence-electron chi connectivity index (χ4n) is 7.20. The maximum Gasteiger partial charge on any atom is 4.00 e. The molecule has 0 amide bonds. The molecule has 466 valence electrons. The summed E-state index contributed by atoms with van der Waals surface area (Å²) in [6, 6.07) is 0. The van der Waals surface area contributed by atoms with Crippen molar-refractivity contribution in [2.45, 2.75) is 312 Å². The van der Waals surface area contributed by atoms with Gasteiger partial charge in [-0.1, -0.05) is 261 Å². The number of hydrogen-bond acceptors (Lipinski definition) is 16. The standard InChI is InChI=1S/4C14H31O4P.Mo/c4*1-3-5-7-9-11-13-17-19(15,16)18-14-12-10-8-6-4-2;/h4*3-14H2,1-2H3,(H,15,16);/q;;;;+4/p-4. The van der Waals surface area contributed by atoms with Crippen LogP contribution in [0.3, 0.4) is 0 Å². The molecule has 0 aliphatic heterocycles. The van der Waals surface area contributed by atoms with Gasteiger partial charge in [0.05, 0.1) is 52.9 Å². The zero-order valence-electron chi connectivity index (χ0n) is 50.7. The average molecular weight is 1270 g/mol. The Balaban J connectivity index is -0.000000298. The van der Waals surface area contributed by atoms with Crippen LogP contribution in [0.1, 0.15) is 312 Å². The average Bonchev–Trinajstić information content (AvgIpc) is 3.38. The second-order valence-electron chi connectivity index (χ2n) is 19.8. The molecule has 0 spiro atoms. The van der Waals surface area contributed by atoms with Crippen molar-refractivity contribution in [1.29, 1.82) is 0 Å². The van der Waals surface area contributed by atoms with E-state index in [1.54, 1.807) is 0 Å². The number of unbranched alkanes of at least 4 members (excludes halogenated alkanes) is 32. The SMILES string of the molecule is CCCCCCCOP(=O)([O-])OCCCCCCC.CCCCCCCOP(=O)([O-])OCCCCCCC.CCCCCCCOP(=O)([O-])OCCCCCCC.CCCCCCCOP(=O)([O-])OCCCCCCC.[Mo+4]. The van der Waals surface area contributed by atoms with Crippen molar-refractivity contribution in [3.05, 3.63) is 0 Å². The van der Waals surface area contributed by atoms with Gasteiger partial charge in [-0.2, -0.15) is 0 Å². The third-order valence-electron chi connectivity index (χ3n) is 12.0. The van der Waals surface area contributed by atoms with Crippen molar-refractivity contribution in [2.75, 3.05) is 52.9 Å². The molecule has 0 aromatic rings. The summed E-state index contributed by atoms with van der Waals surface area (Å²) in [4.78, 5) is 45.6. The third kappa shape index (κ3) is 81.4. The minimum absolute atomic E-state index is 0. The second-order valence-corrected chi connectivity index (χ2v) is 25.4. The van der Waals surface area contributed by atoms with Crippen molar-refractivity contribution in [1.82, 2.24) is 0 Å². The largest absolute Gasteiger partial charge is 4.00 e. The minimum Gasteiger partial charge on any atom is -0.756 e. The Morgan fingerprint density at radius 3 is 0.377 bits per heavy atom. The monoisotopic (exact) mass is 1270 g/mol. The molecule has 0 aliphatic rings. The topological polar surface area (TPSA) is 234 Å². The third-order valence-corrected chi connectivity index (χ3v) is 16.0. The molecule has 16 nitrogen and oxygen atoms in total. The number of phosphoric ester groups is 4. The van der Waals surface area contributed by atoms with Crippen molar-refractivity contribution in [2.24, 2.45) is 0 Å². The number of hydrogen-bond donors (Lipinski definition) is 0. The van der Waals surface area contributed by atoms with Gasteiger partial charge in [-0.25, -0.2) is 0 Å². The molecule has 0 radical (unpaired) electrons. The molecule has 0 aromatic carbocycles. The summed E-state index contributed by atoms with van der Waals surface area (Å²) in [6.45, 7) is 19.2. The fourth-order valence-corrected chi connectivity index (χ4v) is 10.3. The molecule has 0 fully saturated rings. The van der Waals surface area contributed by atoms with Gasteiger partial charge < -0.3 is 55.8 Å². The Morgan fingerprint density at radius 1 is 0.195 bits per heavy atom. The van der Waals surface area contributed by atoms with E-state index in [-0.39, 0.29) is 73.9 Å². The van der Waals surface area contributed by atoms with Gasteiger partial charge in [0, 0.05) is 0 Å². The van der Waals surface area contributed by atoms with Crippen molar-refractivity contribution < 1.29 is 95.1 Å². The van der Waals surface area contributed by atoms with Crippen LogP contribution < -0.4 is 19.6 Å². The van der Waals surface area contributed by atoms with Crippen LogP contribution in [0.25, 0.3) is 0 Å². The Morgan fingerprint density at radius 2 is 0.286 bits per heavy atom. The molecule has 0 saturated heterocycles. The molecule has 0 heterocycles. The summed E-state index contributed by atoms with van der Waals surface area (Å²) >= 11 is 0. The Bertz CT molecular complexity index is 1050. The van der Waals surface area contributed by atoms with Crippen molar-refractivity contribution in [3.8, 4) is 0 Å². The van der Waals surface area contributed by atoms with Crippen LogP contribution in [-0.2, 0) is 75.5 Å².